The fourth-order valence-corrected chi connectivity index (χ4v) is 5.20. The first-order valence-corrected chi connectivity index (χ1v) is 12.4. The van der Waals surface area contributed by atoms with E-state index in [0.29, 0.717) is 25.2 Å². The molecule has 1 aliphatic rings. The van der Waals surface area contributed by atoms with E-state index in [1.807, 2.05) is 58.6 Å². The first kappa shape index (κ1) is 23.1. The minimum atomic E-state index is 0.0929. The molecule has 178 valence electrons. The van der Waals surface area contributed by atoms with E-state index in [-0.39, 0.29) is 11.6 Å². The van der Waals surface area contributed by atoms with Gasteiger partial charge >= 0.3 is 0 Å². The molecule has 0 N–H and O–H groups in total. The average Bonchev–Trinajstić information content (AvgIpc) is 3.28. The van der Waals surface area contributed by atoms with E-state index >= 15 is 0 Å². The van der Waals surface area contributed by atoms with Crippen molar-refractivity contribution in [1.82, 2.24) is 14.2 Å². The fourth-order valence-electron chi connectivity index (χ4n) is 5.20. The zero-order valence-corrected chi connectivity index (χ0v) is 20.3. The summed E-state index contributed by atoms with van der Waals surface area (Å²) < 4.78 is 9.56. The van der Waals surface area contributed by atoms with Crippen LogP contribution in [0.4, 0.5) is 0 Å². The van der Waals surface area contributed by atoms with Crippen LogP contribution < -0.4 is 5.56 Å². The van der Waals surface area contributed by atoms with E-state index in [9.17, 15) is 10.1 Å². The van der Waals surface area contributed by atoms with Crippen molar-refractivity contribution < 1.29 is 4.74 Å². The maximum absolute atomic E-state index is 14.0. The molecule has 35 heavy (non-hydrogen) atoms. The molecule has 0 aliphatic carbocycles. The molecular formula is C29H30N4O2. The third-order valence-corrected chi connectivity index (χ3v) is 6.97. The number of benzene rings is 2. The van der Waals surface area contributed by atoms with Gasteiger partial charge in [-0.25, -0.2) is 4.52 Å². The summed E-state index contributed by atoms with van der Waals surface area (Å²) in [7, 11) is 0. The van der Waals surface area contributed by atoms with Gasteiger partial charge in [0.1, 0.15) is 5.65 Å². The molecule has 2 aromatic heterocycles. The molecule has 5 rings (SSSR count). The molecule has 0 spiro atoms. The van der Waals surface area contributed by atoms with Gasteiger partial charge in [0.25, 0.3) is 5.56 Å². The number of hydrogen-bond acceptors (Lipinski definition) is 4. The van der Waals surface area contributed by atoms with Crippen molar-refractivity contribution in [3.8, 4) is 17.2 Å². The second-order valence-electron chi connectivity index (χ2n) is 9.29. The first-order valence-electron chi connectivity index (χ1n) is 12.4. The van der Waals surface area contributed by atoms with Crippen molar-refractivity contribution >= 4 is 5.65 Å². The van der Waals surface area contributed by atoms with Crippen LogP contribution in [0.1, 0.15) is 60.2 Å². The van der Waals surface area contributed by atoms with Gasteiger partial charge < -0.3 is 4.74 Å². The summed E-state index contributed by atoms with van der Waals surface area (Å²) >= 11 is 0. The molecule has 0 atom stereocenters. The van der Waals surface area contributed by atoms with Crippen LogP contribution >= 0.6 is 0 Å². The summed E-state index contributed by atoms with van der Waals surface area (Å²) in [5, 5.41) is 14.2. The Hall–Kier alpha value is -3.69. The second-order valence-corrected chi connectivity index (χ2v) is 9.29. The number of hydrogen-bond donors (Lipinski definition) is 0. The van der Waals surface area contributed by atoms with Crippen molar-refractivity contribution in [3.05, 3.63) is 93.0 Å². The van der Waals surface area contributed by atoms with Crippen LogP contribution in [0.3, 0.4) is 0 Å². The molecule has 0 unspecified atom stereocenters. The van der Waals surface area contributed by atoms with Crippen LogP contribution in [0, 0.1) is 18.3 Å². The van der Waals surface area contributed by atoms with Crippen LogP contribution in [-0.4, -0.2) is 27.4 Å². The number of rotatable bonds is 6. The Labute approximate surface area is 205 Å². The van der Waals surface area contributed by atoms with Crippen molar-refractivity contribution in [3.63, 3.8) is 0 Å². The lowest BCUT2D eigenvalue weighted by molar-refractivity contribution is 0.0694. The van der Waals surface area contributed by atoms with Gasteiger partial charge in [0.05, 0.1) is 23.5 Å². The van der Waals surface area contributed by atoms with E-state index in [4.69, 9.17) is 9.84 Å². The Morgan fingerprint density at radius 2 is 1.86 bits per heavy atom. The minimum Gasteiger partial charge on any atom is -0.381 e. The summed E-state index contributed by atoms with van der Waals surface area (Å²) in [6, 6.07) is 18.2. The summed E-state index contributed by atoms with van der Waals surface area (Å²) in [6.45, 7) is 5.52. The highest BCUT2D eigenvalue weighted by Gasteiger charge is 2.25. The molecule has 1 aliphatic heterocycles. The van der Waals surface area contributed by atoms with E-state index in [2.05, 4.69) is 25.1 Å². The third kappa shape index (κ3) is 4.28. The van der Waals surface area contributed by atoms with Crippen LogP contribution in [0.25, 0.3) is 16.8 Å². The molecule has 6 nitrogen and oxygen atoms in total. The van der Waals surface area contributed by atoms with Gasteiger partial charge in [-0.1, -0.05) is 55.8 Å². The molecule has 1 saturated heterocycles. The number of aromatic nitrogens is 3. The maximum Gasteiger partial charge on any atom is 0.257 e. The number of aryl methyl sites for hydroxylation is 2. The highest BCUT2D eigenvalue weighted by Crippen LogP contribution is 2.27. The number of nitrogens with zero attached hydrogens (tertiary/aromatic N) is 4. The van der Waals surface area contributed by atoms with Crippen LogP contribution in [0.15, 0.2) is 59.5 Å². The Morgan fingerprint density at radius 1 is 1.11 bits per heavy atom. The van der Waals surface area contributed by atoms with Crippen molar-refractivity contribution in [1.29, 1.82) is 5.26 Å². The monoisotopic (exact) mass is 466 g/mol. The maximum atomic E-state index is 14.0. The summed E-state index contributed by atoms with van der Waals surface area (Å²) in [4.78, 5) is 14.0. The number of nitriles is 1. The predicted molar refractivity (Wildman–Crippen MR) is 137 cm³/mol. The molecule has 0 radical (unpaired) electrons. The van der Waals surface area contributed by atoms with Gasteiger partial charge in [0.15, 0.2) is 0 Å². The van der Waals surface area contributed by atoms with Gasteiger partial charge in [-0.05, 0) is 48.9 Å². The molecule has 2 aromatic carbocycles. The quantitative estimate of drug-likeness (QED) is 0.390. The van der Waals surface area contributed by atoms with Gasteiger partial charge in [0, 0.05) is 36.8 Å². The molecule has 0 amide bonds. The van der Waals surface area contributed by atoms with E-state index in [0.717, 1.165) is 64.8 Å². The first-order chi connectivity index (χ1) is 17.1. The zero-order valence-electron chi connectivity index (χ0n) is 20.3. The van der Waals surface area contributed by atoms with Crippen molar-refractivity contribution in [2.45, 2.75) is 52.0 Å². The smallest absolute Gasteiger partial charge is 0.257 e. The van der Waals surface area contributed by atoms with E-state index in [1.54, 1.807) is 0 Å². The highest BCUT2D eigenvalue weighted by atomic mass is 16.5. The van der Waals surface area contributed by atoms with Crippen molar-refractivity contribution in [2.24, 2.45) is 0 Å². The lowest BCUT2D eigenvalue weighted by Gasteiger charge is -2.27. The molecule has 0 bridgehead atoms. The van der Waals surface area contributed by atoms with Gasteiger partial charge in [0.2, 0.25) is 0 Å². The van der Waals surface area contributed by atoms with E-state index in [1.165, 1.54) is 0 Å². The molecule has 1 fully saturated rings. The molecule has 6 heteroatoms. The summed E-state index contributed by atoms with van der Waals surface area (Å²) in [5.74, 6) is 0. The topological polar surface area (TPSA) is 72.3 Å². The second kappa shape index (κ2) is 9.89. The van der Waals surface area contributed by atoms with E-state index < -0.39 is 0 Å². The Balaban J connectivity index is 1.59. The highest BCUT2D eigenvalue weighted by molar-refractivity contribution is 5.70. The third-order valence-electron chi connectivity index (χ3n) is 6.97. The molecule has 0 saturated carbocycles. The Bertz CT molecular complexity index is 1450. The fraction of sp³-hybridized carbons (Fsp3) is 0.345. The SMILES string of the molecule is CCCc1c(Cc2ccc(-c3ccccc3C#N)cc2)c(=O)n(C2CCOCC2)c2c(C)cnn12. The van der Waals surface area contributed by atoms with Crippen molar-refractivity contribution in [2.75, 3.05) is 13.2 Å². The largest absolute Gasteiger partial charge is 0.381 e. The van der Waals surface area contributed by atoms with Crippen LogP contribution in [0.2, 0.25) is 0 Å². The Morgan fingerprint density at radius 3 is 2.57 bits per heavy atom. The normalized spacial score (nSPS) is 14.3. The molecular weight excluding hydrogens is 436 g/mol. The zero-order chi connectivity index (χ0) is 24.4. The lowest BCUT2D eigenvalue weighted by Crippen LogP contribution is -2.34. The Kier molecular flexibility index (Phi) is 6.52. The standard InChI is InChI=1S/C29H30N4O2/c1-3-6-27-26(17-21-9-11-22(12-10-21)25-8-5-4-7-23(25)18-30)29(34)32(24-13-15-35-16-14-24)28-20(2)19-31-33(27)28/h4-5,7-12,19,24H,3,6,13-17H2,1-2H3. The number of ether oxygens (including phenoxy) is 1. The predicted octanol–water partition coefficient (Wildman–Crippen LogP) is 5.24. The van der Waals surface area contributed by atoms with Gasteiger partial charge in [-0.15, -0.1) is 0 Å². The van der Waals surface area contributed by atoms with Gasteiger partial charge in [-0.3, -0.25) is 9.36 Å². The summed E-state index contributed by atoms with van der Waals surface area (Å²) in [6.07, 6.45) is 5.82. The summed E-state index contributed by atoms with van der Waals surface area (Å²) in [5.41, 5.74) is 7.50. The lowest BCUT2D eigenvalue weighted by atomic mass is 9.96. The molecule has 4 aromatic rings. The number of fused-ring (bicyclic) bond motifs is 1. The molecule has 3 heterocycles. The van der Waals surface area contributed by atoms with Gasteiger partial charge in [-0.2, -0.15) is 10.4 Å². The van der Waals surface area contributed by atoms with Crippen LogP contribution in [-0.2, 0) is 17.6 Å². The minimum absolute atomic E-state index is 0.0929. The van der Waals surface area contributed by atoms with Crippen LogP contribution in [0.5, 0.6) is 0 Å². The average molecular weight is 467 g/mol.